The smallest absolute Gasteiger partial charge is 0.172 e. The van der Waals surface area contributed by atoms with Gasteiger partial charge in [-0.3, -0.25) is 4.79 Å². The van der Waals surface area contributed by atoms with Crippen molar-refractivity contribution in [2.75, 3.05) is 13.6 Å². The number of carbonyl (C=O) groups is 1. The molecule has 0 heterocycles. The zero-order valence-corrected chi connectivity index (χ0v) is 9.26. The quantitative estimate of drug-likeness (QED) is 0.740. The van der Waals surface area contributed by atoms with Gasteiger partial charge in [-0.05, 0) is 42.7 Å². The van der Waals surface area contributed by atoms with Crippen molar-refractivity contribution in [1.29, 1.82) is 0 Å². The van der Waals surface area contributed by atoms with Crippen LogP contribution in [0, 0.1) is 17.3 Å². The van der Waals surface area contributed by atoms with Gasteiger partial charge in [0, 0.05) is 0 Å². The summed E-state index contributed by atoms with van der Waals surface area (Å²) in [5.41, 5.74) is 1.46. The summed E-state index contributed by atoms with van der Waals surface area (Å²) in [5.74, 6) is 1.64. The highest BCUT2D eigenvalue weighted by Crippen LogP contribution is 2.59. The van der Waals surface area contributed by atoms with Gasteiger partial charge in [0.25, 0.3) is 0 Å². The molecular formula is C12H19NO. The molecule has 0 aromatic carbocycles. The molecule has 3 aliphatic carbocycles. The normalized spacial score (nSPS) is 33.2. The molecule has 2 nitrogen and oxygen atoms in total. The second-order valence-corrected chi connectivity index (χ2v) is 5.16. The number of nitrogens with one attached hydrogen (secondary N) is 1. The molecule has 1 saturated carbocycles. The summed E-state index contributed by atoms with van der Waals surface area (Å²) in [5, 5.41) is 2.94. The van der Waals surface area contributed by atoms with Crippen LogP contribution in [0.15, 0.2) is 11.6 Å². The van der Waals surface area contributed by atoms with Crippen LogP contribution in [-0.4, -0.2) is 19.4 Å². The third-order valence-corrected chi connectivity index (χ3v) is 4.13. The SMILES string of the molecule is CNCC(=O)C1=CCC2CC1C2(C)C. The molecule has 0 saturated heterocycles. The van der Waals surface area contributed by atoms with Crippen LogP contribution in [0.5, 0.6) is 0 Å². The Morgan fingerprint density at radius 2 is 2.36 bits per heavy atom. The Labute approximate surface area is 85.8 Å². The number of Topliss-reactive ketones (excluding diaryl/α,β-unsaturated/α-hetero) is 1. The van der Waals surface area contributed by atoms with Gasteiger partial charge in [-0.15, -0.1) is 0 Å². The average Bonchev–Trinajstić information content (AvgIpc) is 2.18. The van der Waals surface area contributed by atoms with E-state index in [2.05, 4.69) is 25.2 Å². The molecule has 78 valence electrons. The summed E-state index contributed by atoms with van der Waals surface area (Å²) in [6.07, 6.45) is 4.51. The van der Waals surface area contributed by atoms with Crippen molar-refractivity contribution in [3.8, 4) is 0 Å². The lowest BCUT2D eigenvalue weighted by Gasteiger charge is -2.56. The zero-order chi connectivity index (χ0) is 10.3. The van der Waals surface area contributed by atoms with Crippen LogP contribution in [0.3, 0.4) is 0 Å². The standard InChI is InChI=1S/C12H19NO/c1-12(2)8-4-5-9(10(12)6-8)11(14)7-13-3/h5,8,10,13H,4,6-7H2,1-3H3. The number of ketones is 1. The van der Waals surface area contributed by atoms with Crippen molar-refractivity contribution >= 4 is 5.78 Å². The van der Waals surface area contributed by atoms with Gasteiger partial charge < -0.3 is 5.32 Å². The van der Waals surface area contributed by atoms with Crippen molar-refractivity contribution in [3.05, 3.63) is 11.6 Å². The Balaban J connectivity index is 2.14. The second kappa shape index (κ2) is 3.20. The topological polar surface area (TPSA) is 29.1 Å². The van der Waals surface area contributed by atoms with Gasteiger partial charge in [0.1, 0.15) is 0 Å². The highest BCUT2D eigenvalue weighted by molar-refractivity contribution is 5.98. The monoisotopic (exact) mass is 193 g/mol. The van der Waals surface area contributed by atoms with Crippen LogP contribution in [0.2, 0.25) is 0 Å². The maximum absolute atomic E-state index is 11.8. The van der Waals surface area contributed by atoms with E-state index in [0.29, 0.717) is 23.7 Å². The van der Waals surface area contributed by atoms with Gasteiger partial charge in [0.05, 0.1) is 6.54 Å². The fraction of sp³-hybridized carbons (Fsp3) is 0.750. The molecule has 2 unspecified atom stereocenters. The zero-order valence-electron chi connectivity index (χ0n) is 9.26. The van der Waals surface area contributed by atoms with Gasteiger partial charge in [-0.25, -0.2) is 0 Å². The number of allylic oxidation sites excluding steroid dienone is 1. The van der Waals surface area contributed by atoms with E-state index in [4.69, 9.17) is 0 Å². The molecule has 1 N–H and O–H groups in total. The highest BCUT2D eigenvalue weighted by Gasteiger charge is 2.52. The van der Waals surface area contributed by atoms with Crippen LogP contribution in [0.25, 0.3) is 0 Å². The molecule has 0 radical (unpaired) electrons. The Morgan fingerprint density at radius 1 is 1.64 bits per heavy atom. The fourth-order valence-electron chi connectivity index (χ4n) is 2.93. The molecular weight excluding hydrogens is 174 g/mol. The number of fused-ring (bicyclic) bond motifs is 1. The van der Waals surface area contributed by atoms with E-state index < -0.39 is 0 Å². The minimum absolute atomic E-state index is 0.295. The number of hydrogen-bond acceptors (Lipinski definition) is 2. The number of hydrogen-bond donors (Lipinski definition) is 1. The van der Waals surface area contributed by atoms with Gasteiger partial charge >= 0.3 is 0 Å². The van der Waals surface area contributed by atoms with Gasteiger partial charge in [-0.2, -0.15) is 0 Å². The van der Waals surface area contributed by atoms with Crippen LogP contribution in [0.4, 0.5) is 0 Å². The largest absolute Gasteiger partial charge is 0.313 e. The molecule has 14 heavy (non-hydrogen) atoms. The van der Waals surface area contributed by atoms with E-state index in [1.54, 1.807) is 0 Å². The van der Waals surface area contributed by atoms with E-state index >= 15 is 0 Å². The van der Waals surface area contributed by atoms with E-state index in [1.165, 1.54) is 6.42 Å². The molecule has 2 heteroatoms. The molecule has 2 bridgehead atoms. The second-order valence-electron chi connectivity index (χ2n) is 5.16. The first kappa shape index (κ1) is 9.91. The van der Waals surface area contributed by atoms with Crippen LogP contribution in [0.1, 0.15) is 26.7 Å². The minimum Gasteiger partial charge on any atom is -0.313 e. The Hall–Kier alpha value is -0.630. The first-order chi connectivity index (χ1) is 6.57. The van der Waals surface area contributed by atoms with E-state index in [9.17, 15) is 4.79 Å². The van der Waals surface area contributed by atoms with Crippen molar-refractivity contribution in [2.45, 2.75) is 26.7 Å². The van der Waals surface area contributed by atoms with Crippen molar-refractivity contribution in [1.82, 2.24) is 5.32 Å². The number of rotatable bonds is 3. The average molecular weight is 193 g/mol. The minimum atomic E-state index is 0.295. The molecule has 2 atom stereocenters. The van der Waals surface area contributed by atoms with Gasteiger partial charge in [0.2, 0.25) is 0 Å². The molecule has 1 fully saturated rings. The Kier molecular flexibility index (Phi) is 2.26. The first-order valence-electron chi connectivity index (χ1n) is 5.45. The molecule has 3 aliphatic rings. The maximum Gasteiger partial charge on any atom is 0.172 e. The third kappa shape index (κ3) is 1.24. The molecule has 0 aromatic rings. The molecule has 0 amide bonds. The summed E-state index contributed by atoms with van der Waals surface area (Å²) in [4.78, 5) is 11.8. The lowest BCUT2D eigenvalue weighted by Crippen LogP contribution is -2.50. The molecule has 3 rings (SSSR count). The summed E-state index contributed by atoms with van der Waals surface area (Å²) < 4.78 is 0. The first-order valence-corrected chi connectivity index (χ1v) is 5.45. The Bertz CT molecular complexity index is 291. The highest BCUT2D eigenvalue weighted by atomic mass is 16.1. The molecule has 0 aromatic heterocycles. The van der Waals surface area contributed by atoms with Crippen LogP contribution >= 0.6 is 0 Å². The fourth-order valence-corrected chi connectivity index (χ4v) is 2.93. The van der Waals surface area contributed by atoms with Crippen molar-refractivity contribution in [3.63, 3.8) is 0 Å². The summed E-state index contributed by atoms with van der Waals surface area (Å²) in [6, 6.07) is 0. The van der Waals surface area contributed by atoms with Gasteiger partial charge in [-0.1, -0.05) is 19.9 Å². The lowest BCUT2D eigenvalue weighted by atomic mass is 9.48. The molecule has 0 spiro atoms. The number of carbonyl (C=O) groups excluding carboxylic acids is 1. The van der Waals surface area contributed by atoms with E-state index in [-0.39, 0.29) is 0 Å². The predicted molar refractivity (Wildman–Crippen MR) is 57.0 cm³/mol. The summed E-state index contributed by atoms with van der Waals surface area (Å²) >= 11 is 0. The van der Waals surface area contributed by atoms with E-state index in [1.807, 2.05) is 7.05 Å². The van der Waals surface area contributed by atoms with Crippen molar-refractivity contribution in [2.24, 2.45) is 17.3 Å². The van der Waals surface area contributed by atoms with E-state index in [0.717, 1.165) is 17.9 Å². The summed E-state index contributed by atoms with van der Waals surface area (Å²) in [6.45, 7) is 5.08. The predicted octanol–water partition coefficient (Wildman–Crippen LogP) is 1.77. The third-order valence-electron chi connectivity index (χ3n) is 4.13. The van der Waals surface area contributed by atoms with Crippen LogP contribution < -0.4 is 5.32 Å². The molecule has 0 aliphatic heterocycles. The maximum atomic E-state index is 11.8. The summed E-state index contributed by atoms with van der Waals surface area (Å²) in [7, 11) is 1.83. The lowest BCUT2D eigenvalue weighted by molar-refractivity contribution is -0.118. The number of likely N-dealkylation sites (N-methyl/N-ethyl adjacent to an activating group) is 1. The van der Waals surface area contributed by atoms with Gasteiger partial charge in [0.15, 0.2) is 5.78 Å². The van der Waals surface area contributed by atoms with Crippen LogP contribution in [-0.2, 0) is 4.79 Å². The Morgan fingerprint density at radius 3 is 2.86 bits per heavy atom. The van der Waals surface area contributed by atoms with Crippen molar-refractivity contribution < 1.29 is 4.79 Å².